The molecule has 0 bridgehead atoms. The molecule has 0 saturated carbocycles. The van der Waals surface area contributed by atoms with E-state index < -0.39 is 0 Å². The minimum absolute atomic E-state index is 0.0694. The standard InChI is InChI=1S/C20H24N4OS/c1-23-17-9-8-15(21-20(25)18-7-6-12-26-18)13-16(17)22-19(23)14-24-10-4-2-3-5-11-24/h6-9,12-13H,2-5,10-11,14H2,1H3,(H,21,25). The molecule has 5 nitrogen and oxygen atoms in total. The Balaban J connectivity index is 1.53. The van der Waals surface area contributed by atoms with Crippen LogP contribution in [0.15, 0.2) is 35.7 Å². The molecule has 2 aromatic heterocycles. The average molecular weight is 369 g/mol. The number of carbonyl (C=O) groups excluding carboxylic acids is 1. The van der Waals surface area contributed by atoms with Crippen LogP contribution in [-0.4, -0.2) is 33.4 Å². The van der Waals surface area contributed by atoms with Crippen molar-refractivity contribution in [3.8, 4) is 0 Å². The highest BCUT2D eigenvalue weighted by molar-refractivity contribution is 7.12. The molecule has 4 rings (SSSR count). The maximum absolute atomic E-state index is 12.2. The van der Waals surface area contributed by atoms with Crippen LogP contribution in [0.25, 0.3) is 11.0 Å². The van der Waals surface area contributed by atoms with E-state index >= 15 is 0 Å². The van der Waals surface area contributed by atoms with Crippen LogP contribution in [0.1, 0.15) is 41.2 Å². The molecule has 0 radical (unpaired) electrons. The molecule has 0 aliphatic carbocycles. The minimum Gasteiger partial charge on any atom is -0.330 e. The second-order valence-electron chi connectivity index (χ2n) is 6.91. The number of benzene rings is 1. The Morgan fingerprint density at radius 3 is 2.73 bits per heavy atom. The van der Waals surface area contributed by atoms with Crippen LogP contribution >= 0.6 is 11.3 Å². The van der Waals surface area contributed by atoms with E-state index in [1.165, 1.54) is 37.0 Å². The first-order valence-corrected chi connectivity index (χ1v) is 10.1. The smallest absolute Gasteiger partial charge is 0.265 e. The number of nitrogens with zero attached hydrogens (tertiary/aromatic N) is 3. The summed E-state index contributed by atoms with van der Waals surface area (Å²) >= 11 is 1.44. The van der Waals surface area contributed by atoms with Gasteiger partial charge < -0.3 is 9.88 Å². The number of hydrogen-bond acceptors (Lipinski definition) is 4. The predicted octanol–water partition coefficient (Wildman–Crippen LogP) is 4.26. The zero-order chi connectivity index (χ0) is 17.9. The quantitative estimate of drug-likeness (QED) is 0.748. The van der Waals surface area contributed by atoms with Crippen molar-refractivity contribution in [1.29, 1.82) is 0 Å². The number of rotatable bonds is 4. The number of likely N-dealkylation sites (tertiary alicyclic amines) is 1. The molecule has 1 fully saturated rings. The van der Waals surface area contributed by atoms with Crippen molar-refractivity contribution in [1.82, 2.24) is 14.5 Å². The number of aryl methyl sites for hydroxylation is 1. The lowest BCUT2D eigenvalue weighted by Gasteiger charge is -2.19. The van der Waals surface area contributed by atoms with Crippen LogP contribution in [0.4, 0.5) is 5.69 Å². The summed E-state index contributed by atoms with van der Waals surface area (Å²) in [5.41, 5.74) is 2.82. The van der Waals surface area contributed by atoms with E-state index in [2.05, 4.69) is 21.8 Å². The molecule has 1 amide bonds. The molecule has 1 aliphatic rings. The first-order chi connectivity index (χ1) is 12.7. The number of fused-ring (bicyclic) bond motifs is 1. The van der Waals surface area contributed by atoms with Gasteiger partial charge in [-0.25, -0.2) is 4.98 Å². The fraction of sp³-hybridized carbons (Fsp3) is 0.400. The van der Waals surface area contributed by atoms with Crippen LogP contribution in [0.5, 0.6) is 0 Å². The molecule has 3 heterocycles. The molecule has 0 unspecified atom stereocenters. The Morgan fingerprint density at radius 1 is 1.19 bits per heavy atom. The van der Waals surface area contributed by atoms with Gasteiger partial charge in [0, 0.05) is 12.7 Å². The fourth-order valence-corrected chi connectivity index (χ4v) is 4.18. The summed E-state index contributed by atoms with van der Waals surface area (Å²) < 4.78 is 2.17. The zero-order valence-electron chi connectivity index (χ0n) is 15.1. The van der Waals surface area contributed by atoms with E-state index in [1.54, 1.807) is 0 Å². The summed E-state index contributed by atoms with van der Waals surface area (Å²) in [5.74, 6) is 1.02. The van der Waals surface area contributed by atoms with E-state index in [1.807, 2.05) is 35.7 Å². The number of imidazole rings is 1. The average Bonchev–Trinajstić information content (AvgIpc) is 3.19. The number of hydrogen-bond donors (Lipinski definition) is 1. The first kappa shape index (κ1) is 17.2. The van der Waals surface area contributed by atoms with Crippen LogP contribution in [0.3, 0.4) is 0 Å². The molecule has 1 N–H and O–H groups in total. The third-order valence-corrected chi connectivity index (χ3v) is 5.91. The van der Waals surface area contributed by atoms with Crippen molar-refractivity contribution in [2.24, 2.45) is 7.05 Å². The second kappa shape index (κ2) is 7.60. The van der Waals surface area contributed by atoms with Gasteiger partial charge in [-0.15, -0.1) is 11.3 Å². The maximum atomic E-state index is 12.2. The van der Waals surface area contributed by atoms with Crippen LogP contribution in [-0.2, 0) is 13.6 Å². The highest BCUT2D eigenvalue weighted by Crippen LogP contribution is 2.22. The molecule has 1 aliphatic heterocycles. The van der Waals surface area contributed by atoms with Gasteiger partial charge >= 0.3 is 0 Å². The molecule has 0 atom stereocenters. The maximum Gasteiger partial charge on any atom is 0.265 e. The normalized spacial score (nSPS) is 15.9. The van der Waals surface area contributed by atoms with Crippen molar-refractivity contribution in [2.45, 2.75) is 32.2 Å². The SMILES string of the molecule is Cn1c(CN2CCCCCC2)nc2cc(NC(=O)c3cccs3)ccc21. The number of thiophene rings is 1. The summed E-state index contributed by atoms with van der Waals surface area (Å²) in [6.45, 7) is 3.21. The molecule has 136 valence electrons. The lowest BCUT2D eigenvalue weighted by Crippen LogP contribution is -2.25. The van der Waals surface area contributed by atoms with Crippen molar-refractivity contribution in [3.63, 3.8) is 0 Å². The van der Waals surface area contributed by atoms with E-state index in [0.717, 1.165) is 42.2 Å². The minimum atomic E-state index is -0.0694. The van der Waals surface area contributed by atoms with Crippen LogP contribution in [0.2, 0.25) is 0 Å². The molecular formula is C20H24N4OS. The third kappa shape index (κ3) is 3.66. The Hall–Kier alpha value is -2.18. The zero-order valence-corrected chi connectivity index (χ0v) is 15.9. The number of amides is 1. The van der Waals surface area contributed by atoms with Gasteiger partial charge in [-0.1, -0.05) is 18.9 Å². The monoisotopic (exact) mass is 368 g/mol. The summed E-state index contributed by atoms with van der Waals surface area (Å²) in [7, 11) is 2.08. The van der Waals surface area contributed by atoms with Crippen molar-refractivity contribution < 1.29 is 4.79 Å². The van der Waals surface area contributed by atoms with Crippen LogP contribution in [0, 0.1) is 0 Å². The van der Waals surface area contributed by atoms with Gasteiger partial charge in [0.15, 0.2) is 0 Å². The Kier molecular flexibility index (Phi) is 5.04. The molecule has 3 aromatic rings. The molecule has 0 spiro atoms. The summed E-state index contributed by atoms with van der Waals surface area (Å²) in [5, 5.41) is 4.88. The highest BCUT2D eigenvalue weighted by atomic mass is 32.1. The Bertz CT molecular complexity index is 892. The van der Waals surface area contributed by atoms with Gasteiger partial charge in [0.05, 0.1) is 22.5 Å². The van der Waals surface area contributed by atoms with Gasteiger partial charge in [-0.2, -0.15) is 0 Å². The number of aromatic nitrogens is 2. The van der Waals surface area contributed by atoms with E-state index in [4.69, 9.17) is 4.98 Å². The summed E-state index contributed by atoms with van der Waals surface area (Å²) in [4.78, 5) is 20.3. The van der Waals surface area contributed by atoms with Crippen LogP contribution < -0.4 is 5.32 Å². The van der Waals surface area contributed by atoms with Gasteiger partial charge in [-0.05, 0) is 55.6 Å². The summed E-state index contributed by atoms with van der Waals surface area (Å²) in [6.07, 6.45) is 5.24. The highest BCUT2D eigenvalue weighted by Gasteiger charge is 2.15. The number of carbonyl (C=O) groups is 1. The largest absolute Gasteiger partial charge is 0.330 e. The Morgan fingerprint density at radius 2 is 2.00 bits per heavy atom. The molecular weight excluding hydrogens is 344 g/mol. The predicted molar refractivity (Wildman–Crippen MR) is 107 cm³/mol. The Labute approximate surface area is 157 Å². The van der Waals surface area contributed by atoms with Crippen molar-refractivity contribution >= 4 is 34.0 Å². The fourth-order valence-electron chi connectivity index (χ4n) is 3.56. The second-order valence-corrected chi connectivity index (χ2v) is 7.86. The van der Waals surface area contributed by atoms with E-state index in [0.29, 0.717) is 4.88 Å². The molecule has 6 heteroatoms. The van der Waals surface area contributed by atoms with Gasteiger partial charge in [-0.3, -0.25) is 9.69 Å². The van der Waals surface area contributed by atoms with Gasteiger partial charge in [0.2, 0.25) is 0 Å². The molecule has 1 aromatic carbocycles. The van der Waals surface area contributed by atoms with Gasteiger partial charge in [0.25, 0.3) is 5.91 Å². The third-order valence-electron chi connectivity index (χ3n) is 5.04. The van der Waals surface area contributed by atoms with E-state index in [-0.39, 0.29) is 5.91 Å². The summed E-state index contributed by atoms with van der Waals surface area (Å²) in [6, 6.07) is 9.67. The van der Waals surface area contributed by atoms with Crippen molar-refractivity contribution in [2.75, 3.05) is 18.4 Å². The number of anilines is 1. The first-order valence-electron chi connectivity index (χ1n) is 9.23. The van der Waals surface area contributed by atoms with Crippen molar-refractivity contribution in [3.05, 3.63) is 46.4 Å². The lowest BCUT2D eigenvalue weighted by molar-refractivity contribution is 0.103. The molecule has 26 heavy (non-hydrogen) atoms. The van der Waals surface area contributed by atoms with E-state index in [9.17, 15) is 4.79 Å². The number of nitrogens with one attached hydrogen (secondary N) is 1. The topological polar surface area (TPSA) is 50.2 Å². The van der Waals surface area contributed by atoms with Gasteiger partial charge in [0.1, 0.15) is 5.82 Å². The molecule has 1 saturated heterocycles. The lowest BCUT2D eigenvalue weighted by atomic mass is 10.2.